The van der Waals surface area contributed by atoms with Crippen LogP contribution in [0.1, 0.15) is 188 Å². The molecular weight excluding hydrogens is 683 g/mol. The largest absolute Gasteiger partial charge is 0.462 e. The summed E-state index contributed by atoms with van der Waals surface area (Å²) in [5.74, 6) is -0.566. The highest BCUT2D eigenvalue weighted by Crippen LogP contribution is 2.16. The molecular formula is C49H83NO5. The molecule has 0 spiro atoms. The van der Waals surface area contributed by atoms with Gasteiger partial charge in [0.1, 0.15) is 6.10 Å². The van der Waals surface area contributed by atoms with E-state index in [2.05, 4.69) is 62.5 Å². The lowest BCUT2D eigenvalue weighted by Gasteiger charge is -2.24. The van der Waals surface area contributed by atoms with Gasteiger partial charge in [0.15, 0.2) is 0 Å². The number of nitrogens with one attached hydrogen (secondary N) is 1. The van der Waals surface area contributed by atoms with Gasteiger partial charge in [-0.3, -0.25) is 9.59 Å². The third-order valence-corrected chi connectivity index (χ3v) is 9.60. The number of amides is 1. The molecule has 0 saturated carbocycles. The van der Waals surface area contributed by atoms with Gasteiger partial charge in [0, 0.05) is 6.42 Å². The van der Waals surface area contributed by atoms with Gasteiger partial charge >= 0.3 is 5.97 Å². The molecule has 1 amide bonds. The minimum atomic E-state index is -0.809. The first-order valence-corrected chi connectivity index (χ1v) is 22.4. The van der Waals surface area contributed by atoms with Crippen molar-refractivity contribution in [3.63, 3.8) is 0 Å². The number of aliphatic hydroxyl groups is 2. The molecule has 0 heterocycles. The van der Waals surface area contributed by atoms with Crippen LogP contribution in [0.4, 0.5) is 0 Å². The number of hydrogen-bond donors (Lipinski definition) is 3. The smallest absolute Gasteiger partial charge is 0.306 e. The van der Waals surface area contributed by atoms with Crippen molar-refractivity contribution in [1.82, 2.24) is 5.32 Å². The van der Waals surface area contributed by atoms with Gasteiger partial charge < -0.3 is 20.3 Å². The van der Waals surface area contributed by atoms with Crippen LogP contribution in [-0.2, 0) is 14.3 Å². The molecule has 0 radical (unpaired) electrons. The predicted octanol–water partition coefficient (Wildman–Crippen LogP) is 12.8. The molecule has 3 N–H and O–H groups in total. The van der Waals surface area contributed by atoms with E-state index < -0.39 is 18.2 Å². The Kier molecular flexibility index (Phi) is 39.9. The van der Waals surface area contributed by atoms with Crippen LogP contribution in [0.15, 0.2) is 85.1 Å². The zero-order chi connectivity index (χ0) is 40.3. The van der Waals surface area contributed by atoms with Crippen molar-refractivity contribution in [3.8, 4) is 0 Å². The van der Waals surface area contributed by atoms with Crippen molar-refractivity contribution in [3.05, 3.63) is 85.1 Å². The van der Waals surface area contributed by atoms with Crippen LogP contribution in [-0.4, -0.2) is 46.9 Å². The topological polar surface area (TPSA) is 95.9 Å². The number of rotatable bonds is 38. The van der Waals surface area contributed by atoms with Crippen LogP contribution < -0.4 is 5.32 Å². The van der Waals surface area contributed by atoms with Gasteiger partial charge in [0.2, 0.25) is 5.91 Å². The lowest BCUT2D eigenvalue weighted by atomic mass is 10.0. The highest BCUT2D eigenvalue weighted by Gasteiger charge is 2.24. The summed E-state index contributed by atoms with van der Waals surface area (Å²) in [4.78, 5) is 25.9. The van der Waals surface area contributed by atoms with Gasteiger partial charge in [0.05, 0.1) is 25.2 Å². The van der Waals surface area contributed by atoms with Gasteiger partial charge in [-0.1, -0.05) is 196 Å². The van der Waals surface area contributed by atoms with Crippen molar-refractivity contribution in [2.24, 2.45) is 0 Å². The Hall–Kier alpha value is -2.96. The molecule has 6 heteroatoms. The van der Waals surface area contributed by atoms with E-state index in [1.165, 1.54) is 64.2 Å². The summed E-state index contributed by atoms with van der Waals surface area (Å²) in [6.07, 6.45) is 53.6. The fourth-order valence-corrected chi connectivity index (χ4v) is 6.26. The van der Waals surface area contributed by atoms with E-state index in [0.29, 0.717) is 19.3 Å². The van der Waals surface area contributed by atoms with Gasteiger partial charge in [0.25, 0.3) is 0 Å². The Morgan fingerprint density at radius 2 is 1.09 bits per heavy atom. The maximum absolute atomic E-state index is 13.1. The Bertz CT molecular complexity index is 1080. The zero-order valence-corrected chi connectivity index (χ0v) is 35.5. The summed E-state index contributed by atoms with van der Waals surface area (Å²) in [7, 11) is 0. The Morgan fingerprint density at radius 1 is 0.564 bits per heavy atom. The van der Waals surface area contributed by atoms with Crippen LogP contribution in [0, 0.1) is 0 Å². The van der Waals surface area contributed by atoms with Crippen LogP contribution in [0.5, 0.6) is 0 Å². The molecule has 55 heavy (non-hydrogen) atoms. The molecule has 0 rings (SSSR count). The monoisotopic (exact) mass is 766 g/mol. The van der Waals surface area contributed by atoms with E-state index >= 15 is 0 Å². The SMILES string of the molecule is CC/C=C/C=C/C=C\C=C/C=C/CCCC(CC(=O)NC(CO)C(O)CCCCCCCCCCC)OC(=O)CCCCCCCCC/C=C/C/C=C/CC. The lowest BCUT2D eigenvalue weighted by Crippen LogP contribution is -2.46. The standard InChI is InChI=1S/C49H83NO5/c1-4-7-10-13-16-19-21-23-25-27-30-33-36-39-42-49(54)55-45(40-37-34-31-29-26-24-22-20-17-14-11-8-5-2)43-48(53)50-46(44-51)47(52)41-38-35-32-28-18-15-12-9-6-3/h7-8,10-11,14,16-17,19-20,22,24,26,29,31,45-47,51-52H,4-6,9,12-13,15,18,21,23,25,27-28,30,32-44H2,1-3H3,(H,50,53)/b10-7+,11-8+,17-14+,19-16+,22-20-,26-24-,31-29+. The zero-order valence-electron chi connectivity index (χ0n) is 35.5. The quantitative estimate of drug-likeness (QED) is 0.0252. The second kappa shape index (κ2) is 42.2. The van der Waals surface area contributed by atoms with E-state index in [-0.39, 0.29) is 24.9 Å². The molecule has 0 aromatic carbocycles. The number of hydrogen-bond acceptors (Lipinski definition) is 5. The van der Waals surface area contributed by atoms with E-state index in [4.69, 9.17) is 4.74 Å². The van der Waals surface area contributed by atoms with E-state index in [9.17, 15) is 19.8 Å². The predicted molar refractivity (Wildman–Crippen MR) is 236 cm³/mol. The van der Waals surface area contributed by atoms with Crippen LogP contribution in [0.25, 0.3) is 0 Å². The molecule has 6 nitrogen and oxygen atoms in total. The number of allylic oxidation sites excluding steroid dienone is 14. The molecule has 0 aromatic rings. The van der Waals surface area contributed by atoms with E-state index in [0.717, 1.165) is 77.0 Å². The molecule has 314 valence electrons. The van der Waals surface area contributed by atoms with Gasteiger partial charge in [-0.05, 0) is 64.2 Å². The van der Waals surface area contributed by atoms with Crippen LogP contribution in [0.2, 0.25) is 0 Å². The summed E-state index contributed by atoms with van der Waals surface area (Å²) in [6.45, 7) is 6.16. The van der Waals surface area contributed by atoms with Gasteiger partial charge in [-0.15, -0.1) is 0 Å². The number of ether oxygens (including phenoxy) is 1. The molecule has 0 aliphatic heterocycles. The molecule has 0 fully saturated rings. The molecule has 0 bridgehead atoms. The number of carbonyl (C=O) groups excluding carboxylic acids is 2. The minimum Gasteiger partial charge on any atom is -0.462 e. The number of unbranched alkanes of at least 4 members (excludes halogenated alkanes) is 16. The fourth-order valence-electron chi connectivity index (χ4n) is 6.26. The van der Waals surface area contributed by atoms with E-state index in [1.807, 2.05) is 48.6 Å². The maximum atomic E-state index is 13.1. The molecule has 0 aliphatic rings. The maximum Gasteiger partial charge on any atom is 0.306 e. The summed E-state index contributed by atoms with van der Waals surface area (Å²) in [6, 6.07) is -0.727. The van der Waals surface area contributed by atoms with Crippen LogP contribution >= 0.6 is 0 Å². The first kappa shape index (κ1) is 52.0. The summed E-state index contributed by atoms with van der Waals surface area (Å²) in [5.41, 5.74) is 0. The molecule has 0 aliphatic carbocycles. The number of aliphatic hydroxyl groups excluding tert-OH is 2. The van der Waals surface area contributed by atoms with Crippen molar-refractivity contribution < 1.29 is 24.5 Å². The average Bonchev–Trinajstić information content (AvgIpc) is 3.18. The highest BCUT2D eigenvalue weighted by atomic mass is 16.5. The van der Waals surface area contributed by atoms with Crippen molar-refractivity contribution >= 4 is 11.9 Å². The first-order valence-electron chi connectivity index (χ1n) is 22.4. The van der Waals surface area contributed by atoms with Gasteiger partial charge in [-0.25, -0.2) is 0 Å². The Morgan fingerprint density at radius 3 is 1.71 bits per heavy atom. The Labute approximate surface area is 338 Å². The molecule has 0 saturated heterocycles. The third-order valence-electron chi connectivity index (χ3n) is 9.60. The summed E-state index contributed by atoms with van der Waals surface area (Å²) < 4.78 is 5.86. The molecule has 3 unspecified atom stereocenters. The second-order valence-corrected chi connectivity index (χ2v) is 14.8. The average molecular weight is 766 g/mol. The van der Waals surface area contributed by atoms with Crippen molar-refractivity contribution in [2.75, 3.05) is 6.61 Å². The first-order chi connectivity index (χ1) is 27.0. The lowest BCUT2D eigenvalue weighted by molar-refractivity contribution is -0.151. The second-order valence-electron chi connectivity index (χ2n) is 14.8. The number of esters is 1. The van der Waals surface area contributed by atoms with Gasteiger partial charge in [-0.2, -0.15) is 0 Å². The molecule has 3 atom stereocenters. The van der Waals surface area contributed by atoms with Crippen molar-refractivity contribution in [2.45, 2.75) is 206 Å². The fraction of sp³-hybridized carbons (Fsp3) is 0.673. The normalized spacial score (nSPS) is 14.2. The molecule has 0 aromatic heterocycles. The highest BCUT2D eigenvalue weighted by molar-refractivity contribution is 5.77. The third kappa shape index (κ3) is 37.7. The minimum absolute atomic E-state index is 0.0208. The van der Waals surface area contributed by atoms with E-state index in [1.54, 1.807) is 0 Å². The summed E-state index contributed by atoms with van der Waals surface area (Å²) in [5, 5.41) is 23.5. The summed E-state index contributed by atoms with van der Waals surface area (Å²) >= 11 is 0. The van der Waals surface area contributed by atoms with Crippen molar-refractivity contribution in [1.29, 1.82) is 0 Å². The Balaban J connectivity index is 4.76. The van der Waals surface area contributed by atoms with Crippen LogP contribution in [0.3, 0.4) is 0 Å². The number of carbonyl (C=O) groups is 2.